The van der Waals surface area contributed by atoms with E-state index >= 15 is 0 Å². The van der Waals surface area contributed by atoms with E-state index in [4.69, 9.17) is 4.42 Å². The third kappa shape index (κ3) is 4.09. The van der Waals surface area contributed by atoms with Gasteiger partial charge in [-0.05, 0) is 42.6 Å². The lowest BCUT2D eigenvalue weighted by molar-refractivity contribution is 0.0950. The van der Waals surface area contributed by atoms with Gasteiger partial charge in [0.05, 0.1) is 0 Å². The normalized spacial score (nSPS) is 17.5. The number of amides is 1. The number of carbonyl (C=O) groups excluding carboxylic acids is 1. The van der Waals surface area contributed by atoms with Crippen molar-refractivity contribution in [1.29, 1.82) is 0 Å². The van der Waals surface area contributed by atoms with E-state index in [0.29, 0.717) is 23.9 Å². The van der Waals surface area contributed by atoms with Crippen molar-refractivity contribution in [2.75, 3.05) is 26.2 Å². The van der Waals surface area contributed by atoms with E-state index in [1.807, 2.05) is 19.9 Å². The molecule has 0 saturated carbocycles. The smallest absolute Gasteiger partial charge is 0.251 e. The number of aromatic nitrogens is 1. The molecule has 1 aliphatic rings. The Kier molecular flexibility index (Phi) is 5.44. The van der Waals surface area contributed by atoms with Gasteiger partial charge in [0.25, 0.3) is 5.91 Å². The average molecular weight is 377 g/mol. The summed E-state index contributed by atoms with van der Waals surface area (Å²) in [7, 11) is 0. The number of rotatable bonds is 6. The van der Waals surface area contributed by atoms with Gasteiger partial charge < -0.3 is 14.6 Å². The van der Waals surface area contributed by atoms with Gasteiger partial charge in [0, 0.05) is 31.1 Å². The Labute approximate surface area is 165 Å². The zero-order valence-corrected chi connectivity index (χ0v) is 16.5. The van der Waals surface area contributed by atoms with Crippen LogP contribution in [0, 0.1) is 0 Å². The molecule has 5 nitrogen and oxygen atoms in total. The lowest BCUT2D eigenvalue weighted by Crippen LogP contribution is -2.33. The number of nitrogens with zero attached hydrogens (tertiary/aromatic N) is 2. The number of carbonyl (C=O) groups is 1. The van der Waals surface area contributed by atoms with Gasteiger partial charge in [-0.15, -0.1) is 0 Å². The van der Waals surface area contributed by atoms with Crippen molar-refractivity contribution in [3.63, 3.8) is 0 Å². The van der Waals surface area contributed by atoms with Crippen molar-refractivity contribution in [2.24, 2.45) is 0 Å². The van der Waals surface area contributed by atoms with Crippen molar-refractivity contribution in [2.45, 2.75) is 32.1 Å². The maximum atomic E-state index is 12.5. The molecule has 4 rings (SSSR count). The number of likely N-dealkylation sites (tertiary alicyclic amines) is 1. The summed E-state index contributed by atoms with van der Waals surface area (Å²) in [5, 5.41) is 3.04. The molecule has 5 heteroatoms. The first-order chi connectivity index (χ1) is 13.6. The van der Waals surface area contributed by atoms with E-state index < -0.39 is 0 Å². The highest BCUT2D eigenvalue weighted by atomic mass is 16.3. The molecule has 1 saturated heterocycles. The Balaban J connectivity index is 1.29. The third-order valence-electron chi connectivity index (χ3n) is 5.42. The second-order valence-corrected chi connectivity index (χ2v) is 7.84. The Morgan fingerprint density at radius 2 is 2.07 bits per heavy atom. The predicted molar refractivity (Wildman–Crippen MR) is 111 cm³/mol. The minimum absolute atomic E-state index is 0.0604. The molecule has 0 spiro atoms. The molecule has 2 heterocycles. The SMILES string of the molecule is CC(C)c1nc2cc(C(=O)NCCN3CCC(c4ccccc4)C3)ccc2o1. The zero-order valence-electron chi connectivity index (χ0n) is 16.5. The monoisotopic (exact) mass is 377 g/mol. The number of oxazole rings is 1. The second-order valence-electron chi connectivity index (χ2n) is 7.84. The number of fused-ring (bicyclic) bond motifs is 1. The number of benzene rings is 2. The Morgan fingerprint density at radius 3 is 2.86 bits per heavy atom. The van der Waals surface area contributed by atoms with Crippen molar-refractivity contribution in [3.05, 3.63) is 65.5 Å². The van der Waals surface area contributed by atoms with E-state index in [0.717, 1.165) is 30.7 Å². The molecule has 0 bridgehead atoms. The van der Waals surface area contributed by atoms with Crippen LogP contribution in [0.2, 0.25) is 0 Å². The van der Waals surface area contributed by atoms with E-state index in [9.17, 15) is 4.79 Å². The minimum Gasteiger partial charge on any atom is -0.440 e. The van der Waals surface area contributed by atoms with Crippen molar-refractivity contribution in [3.8, 4) is 0 Å². The molecule has 1 aliphatic heterocycles. The van der Waals surface area contributed by atoms with Crippen LogP contribution < -0.4 is 5.32 Å². The highest BCUT2D eigenvalue weighted by molar-refractivity contribution is 5.97. The fourth-order valence-corrected chi connectivity index (χ4v) is 3.80. The highest BCUT2D eigenvalue weighted by Crippen LogP contribution is 2.26. The molecule has 2 aromatic carbocycles. The van der Waals surface area contributed by atoms with Gasteiger partial charge in [0.15, 0.2) is 11.5 Å². The minimum atomic E-state index is -0.0604. The van der Waals surface area contributed by atoms with Crippen molar-refractivity contribution < 1.29 is 9.21 Å². The van der Waals surface area contributed by atoms with E-state index in [1.54, 1.807) is 12.1 Å². The lowest BCUT2D eigenvalue weighted by Gasteiger charge is -2.16. The van der Waals surface area contributed by atoms with Gasteiger partial charge in [-0.1, -0.05) is 44.2 Å². The number of hydrogen-bond acceptors (Lipinski definition) is 4. The molecule has 0 aliphatic carbocycles. The van der Waals surface area contributed by atoms with Crippen molar-refractivity contribution in [1.82, 2.24) is 15.2 Å². The van der Waals surface area contributed by atoms with Crippen LogP contribution in [0.5, 0.6) is 0 Å². The quantitative estimate of drug-likeness (QED) is 0.700. The topological polar surface area (TPSA) is 58.4 Å². The molecular weight excluding hydrogens is 350 g/mol. The molecular formula is C23H27N3O2. The largest absolute Gasteiger partial charge is 0.440 e. The maximum Gasteiger partial charge on any atom is 0.251 e. The highest BCUT2D eigenvalue weighted by Gasteiger charge is 2.23. The Bertz CT molecular complexity index is 949. The van der Waals surface area contributed by atoms with Gasteiger partial charge in [-0.3, -0.25) is 4.79 Å². The molecule has 28 heavy (non-hydrogen) atoms. The van der Waals surface area contributed by atoms with Crippen LogP contribution in [-0.2, 0) is 0 Å². The van der Waals surface area contributed by atoms with Gasteiger partial charge in [0.2, 0.25) is 0 Å². The van der Waals surface area contributed by atoms with Gasteiger partial charge in [-0.2, -0.15) is 0 Å². The molecule has 1 amide bonds. The molecule has 1 unspecified atom stereocenters. The number of hydrogen-bond donors (Lipinski definition) is 1. The molecule has 3 aromatic rings. The van der Waals surface area contributed by atoms with Crippen LogP contribution in [0.25, 0.3) is 11.1 Å². The summed E-state index contributed by atoms with van der Waals surface area (Å²) in [6, 6.07) is 16.1. The summed E-state index contributed by atoms with van der Waals surface area (Å²) in [5.41, 5.74) is 3.50. The summed E-state index contributed by atoms with van der Waals surface area (Å²) < 4.78 is 5.71. The Hall–Kier alpha value is -2.66. The van der Waals surface area contributed by atoms with Gasteiger partial charge in [-0.25, -0.2) is 4.98 Å². The molecule has 1 fully saturated rings. The van der Waals surface area contributed by atoms with E-state index in [1.165, 1.54) is 12.0 Å². The molecule has 1 aromatic heterocycles. The van der Waals surface area contributed by atoms with Crippen LogP contribution in [0.1, 0.15) is 53.9 Å². The van der Waals surface area contributed by atoms with Crippen LogP contribution >= 0.6 is 0 Å². The van der Waals surface area contributed by atoms with Crippen LogP contribution in [0.4, 0.5) is 0 Å². The molecule has 146 valence electrons. The summed E-state index contributed by atoms with van der Waals surface area (Å²) in [6.45, 7) is 7.74. The van der Waals surface area contributed by atoms with Gasteiger partial charge >= 0.3 is 0 Å². The summed E-state index contributed by atoms with van der Waals surface area (Å²) >= 11 is 0. The third-order valence-corrected chi connectivity index (χ3v) is 5.42. The molecule has 1 atom stereocenters. The standard InChI is InChI=1S/C23H27N3O2/c1-16(2)23-25-20-14-18(8-9-21(20)28-23)22(27)24-11-13-26-12-10-19(15-26)17-6-4-3-5-7-17/h3-9,14,16,19H,10-13,15H2,1-2H3,(H,24,27). The Morgan fingerprint density at radius 1 is 1.25 bits per heavy atom. The number of nitrogens with one attached hydrogen (secondary N) is 1. The summed E-state index contributed by atoms with van der Waals surface area (Å²) in [5.74, 6) is 1.47. The lowest BCUT2D eigenvalue weighted by atomic mass is 9.99. The fourth-order valence-electron chi connectivity index (χ4n) is 3.80. The van der Waals surface area contributed by atoms with E-state index in [-0.39, 0.29) is 11.8 Å². The van der Waals surface area contributed by atoms with Crippen molar-refractivity contribution >= 4 is 17.0 Å². The summed E-state index contributed by atoms with van der Waals surface area (Å²) in [6.07, 6.45) is 1.18. The van der Waals surface area contributed by atoms with Gasteiger partial charge in [0.1, 0.15) is 5.52 Å². The maximum absolute atomic E-state index is 12.5. The first-order valence-electron chi connectivity index (χ1n) is 10.1. The first-order valence-corrected chi connectivity index (χ1v) is 10.1. The predicted octanol–water partition coefficient (Wildman–Crippen LogP) is 4.17. The first kappa shape index (κ1) is 18.7. The van der Waals surface area contributed by atoms with Crippen LogP contribution in [0.3, 0.4) is 0 Å². The van der Waals surface area contributed by atoms with Crippen LogP contribution in [-0.4, -0.2) is 42.0 Å². The molecule has 1 N–H and O–H groups in total. The second kappa shape index (κ2) is 8.15. The molecule has 0 radical (unpaired) electrons. The zero-order chi connectivity index (χ0) is 19.5. The van der Waals surface area contributed by atoms with E-state index in [2.05, 4.69) is 45.5 Å². The summed E-state index contributed by atoms with van der Waals surface area (Å²) in [4.78, 5) is 19.4. The van der Waals surface area contributed by atoms with Crippen LogP contribution in [0.15, 0.2) is 52.9 Å². The fraction of sp³-hybridized carbons (Fsp3) is 0.391. The average Bonchev–Trinajstić information content (AvgIpc) is 3.35.